The van der Waals surface area contributed by atoms with E-state index in [2.05, 4.69) is 10.2 Å². The summed E-state index contributed by atoms with van der Waals surface area (Å²) in [5.41, 5.74) is 7.51. The second kappa shape index (κ2) is 7.49. The molecule has 0 atom stereocenters. The van der Waals surface area contributed by atoms with Gasteiger partial charge >= 0.3 is 0 Å². The molecule has 1 amide bonds. The Kier molecular flexibility index (Phi) is 4.89. The van der Waals surface area contributed by atoms with Crippen molar-refractivity contribution in [2.24, 2.45) is 0 Å². The molecule has 3 heterocycles. The highest BCUT2D eigenvalue weighted by atomic mass is 35.5. The number of fused-ring (bicyclic) bond motifs is 2. The van der Waals surface area contributed by atoms with Gasteiger partial charge in [0.25, 0.3) is 10.0 Å². The zero-order valence-electron chi connectivity index (χ0n) is 16.2. The fraction of sp³-hybridized carbons (Fsp3) is 0.200. The highest BCUT2D eigenvalue weighted by Crippen LogP contribution is 2.33. The summed E-state index contributed by atoms with van der Waals surface area (Å²) in [4.78, 5) is 14.4. The Labute approximate surface area is 187 Å². The number of nitrogens with one attached hydrogen (secondary N) is 1. The number of sulfonamides is 1. The molecule has 31 heavy (non-hydrogen) atoms. The summed E-state index contributed by atoms with van der Waals surface area (Å²) >= 11 is 7.17. The van der Waals surface area contributed by atoms with Crippen molar-refractivity contribution >= 4 is 65.7 Å². The Bertz CT molecular complexity index is 1430. The molecule has 11 heteroatoms. The van der Waals surface area contributed by atoms with Crippen LogP contribution >= 0.6 is 22.9 Å². The summed E-state index contributed by atoms with van der Waals surface area (Å²) in [5, 5.41) is 9.04. The lowest BCUT2D eigenvalue weighted by Gasteiger charge is -2.33. The number of anilines is 1. The molecule has 1 aliphatic heterocycles. The molecule has 160 valence electrons. The molecule has 8 nitrogen and oxygen atoms in total. The van der Waals surface area contributed by atoms with Crippen molar-refractivity contribution in [1.82, 2.24) is 19.4 Å². The molecular weight excluding hydrogens is 458 g/mol. The Balaban J connectivity index is 1.32. The van der Waals surface area contributed by atoms with Gasteiger partial charge in [0.05, 0.1) is 12.1 Å². The van der Waals surface area contributed by atoms with Crippen LogP contribution in [-0.4, -0.2) is 53.4 Å². The number of halogens is 1. The number of hydrogen-bond donors (Lipinski definition) is 2. The molecule has 2 aromatic heterocycles. The molecule has 3 N–H and O–H groups in total. The van der Waals surface area contributed by atoms with Crippen LogP contribution in [0.15, 0.2) is 46.7 Å². The van der Waals surface area contributed by atoms with E-state index < -0.39 is 10.0 Å². The van der Waals surface area contributed by atoms with Gasteiger partial charge < -0.3 is 10.6 Å². The lowest BCUT2D eigenvalue weighted by molar-refractivity contribution is -0.134. The number of carbonyl (C=O) groups is 1. The first-order valence-corrected chi connectivity index (χ1v) is 12.1. The number of aromatic amines is 1. The van der Waals surface area contributed by atoms with Crippen molar-refractivity contribution in [3.8, 4) is 0 Å². The van der Waals surface area contributed by atoms with Crippen LogP contribution in [0.4, 0.5) is 5.82 Å². The van der Waals surface area contributed by atoms with Gasteiger partial charge in [-0.05, 0) is 41.3 Å². The number of aromatic nitrogens is 2. The number of hydrogen-bond acceptors (Lipinski definition) is 6. The third-order valence-electron chi connectivity index (χ3n) is 5.37. The zero-order valence-corrected chi connectivity index (χ0v) is 18.6. The van der Waals surface area contributed by atoms with Gasteiger partial charge in [-0.1, -0.05) is 23.7 Å². The van der Waals surface area contributed by atoms with Gasteiger partial charge in [-0.25, -0.2) is 8.42 Å². The zero-order chi connectivity index (χ0) is 21.8. The van der Waals surface area contributed by atoms with Crippen LogP contribution in [-0.2, 0) is 21.4 Å². The van der Waals surface area contributed by atoms with Crippen molar-refractivity contribution in [1.29, 1.82) is 0 Å². The van der Waals surface area contributed by atoms with Crippen molar-refractivity contribution in [3.63, 3.8) is 0 Å². The number of nitrogens with two attached hydrogens (primary N) is 1. The van der Waals surface area contributed by atoms with E-state index in [1.165, 1.54) is 4.31 Å². The van der Waals surface area contributed by atoms with E-state index in [4.69, 9.17) is 17.3 Å². The maximum atomic E-state index is 13.1. The molecule has 1 saturated heterocycles. The van der Waals surface area contributed by atoms with Crippen molar-refractivity contribution in [2.75, 3.05) is 25.4 Å². The second-order valence-corrected chi connectivity index (χ2v) is 11.1. The summed E-state index contributed by atoms with van der Waals surface area (Å²) < 4.78 is 28.5. The molecule has 0 aliphatic carbocycles. The first kappa shape index (κ1) is 20.3. The SMILES string of the molecule is Nc1n[nH]c2cc(CN3CCN(S(=O)(=O)c4cc5ccc(Cl)cc5s4)CC3=O)ccc12. The Morgan fingerprint density at radius 3 is 2.81 bits per heavy atom. The van der Waals surface area contributed by atoms with Crippen LogP contribution in [0.1, 0.15) is 5.56 Å². The quantitative estimate of drug-likeness (QED) is 0.471. The molecule has 1 aliphatic rings. The molecular formula is C20H18ClN5O3S2. The predicted molar refractivity (Wildman–Crippen MR) is 122 cm³/mol. The summed E-state index contributed by atoms with van der Waals surface area (Å²) in [6, 6.07) is 12.6. The van der Waals surface area contributed by atoms with Gasteiger partial charge in [-0.15, -0.1) is 11.3 Å². The molecule has 0 unspecified atom stereocenters. The lowest BCUT2D eigenvalue weighted by atomic mass is 10.1. The van der Waals surface area contributed by atoms with Crippen molar-refractivity contribution < 1.29 is 13.2 Å². The van der Waals surface area contributed by atoms with E-state index >= 15 is 0 Å². The van der Waals surface area contributed by atoms with Gasteiger partial charge in [0.15, 0.2) is 5.82 Å². The molecule has 1 fully saturated rings. The average Bonchev–Trinajstić information content (AvgIpc) is 3.33. The normalized spacial score (nSPS) is 15.9. The smallest absolute Gasteiger partial charge is 0.253 e. The number of benzene rings is 2. The Morgan fingerprint density at radius 1 is 1.16 bits per heavy atom. The first-order chi connectivity index (χ1) is 14.8. The van der Waals surface area contributed by atoms with Crippen molar-refractivity contribution in [2.45, 2.75) is 10.8 Å². The van der Waals surface area contributed by atoms with Crippen LogP contribution in [0.2, 0.25) is 5.02 Å². The maximum Gasteiger partial charge on any atom is 0.253 e. The standard InChI is InChI=1S/C20H18ClN5O3S2/c21-14-3-2-13-8-19(30-17(13)9-14)31(28,29)26-6-5-25(18(27)11-26)10-12-1-4-15-16(7-12)23-24-20(15)22/h1-4,7-9H,5-6,10-11H2,(H3,22,23,24). The Morgan fingerprint density at radius 2 is 2.00 bits per heavy atom. The van der Waals surface area contributed by atoms with Gasteiger partial charge in [-0.2, -0.15) is 9.40 Å². The van der Waals surface area contributed by atoms with Crippen molar-refractivity contribution in [3.05, 3.63) is 53.1 Å². The highest BCUT2D eigenvalue weighted by molar-refractivity contribution is 7.91. The molecule has 0 saturated carbocycles. The van der Waals surface area contributed by atoms with E-state index in [1.807, 2.05) is 18.2 Å². The van der Waals surface area contributed by atoms with E-state index in [0.29, 0.717) is 23.9 Å². The minimum Gasteiger partial charge on any atom is -0.382 e. The minimum atomic E-state index is -3.76. The topological polar surface area (TPSA) is 112 Å². The number of rotatable bonds is 4. The van der Waals surface area contributed by atoms with Crippen LogP contribution in [0.5, 0.6) is 0 Å². The third kappa shape index (κ3) is 3.65. The number of H-pyrrole nitrogens is 1. The summed E-state index contributed by atoms with van der Waals surface area (Å²) in [5.74, 6) is 0.197. The van der Waals surface area contributed by atoms with Crippen LogP contribution in [0, 0.1) is 0 Å². The number of amides is 1. The lowest BCUT2D eigenvalue weighted by Crippen LogP contribution is -2.51. The maximum absolute atomic E-state index is 13.1. The largest absolute Gasteiger partial charge is 0.382 e. The summed E-state index contributed by atoms with van der Waals surface area (Å²) in [6.07, 6.45) is 0. The van der Waals surface area contributed by atoms with Crippen LogP contribution in [0.3, 0.4) is 0 Å². The molecule has 0 bridgehead atoms. The van der Waals surface area contributed by atoms with E-state index in [0.717, 1.165) is 37.9 Å². The fourth-order valence-corrected chi connectivity index (χ4v) is 6.91. The molecule has 2 aromatic carbocycles. The molecule has 4 aromatic rings. The van der Waals surface area contributed by atoms with E-state index in [-0.39, 0.29) is 23.2 Å². The average molecular weight is 476 g/mol. The van der Waals surface area contributed by atoms with E-state index in [9.17, 15) is 13.2 Å². The van der Waals surface area contributed by atoms with Gasteiger partial charge in [0, 0.05) is 34.7 Å². The number of carbonyl (C=O) groups excluding carboxylic acids is 1. The van der Waals surface area contributed by atoms with Gasteiger partial charge in [0.1, 0.15) is 4.21 Å². The third-order valence-corrected chi connectivity index (χ3v) is 8.99. The number of thiophene rings is 1. The monoisotopic (exact) mass is 475 g/mol. The van der Waals surface area contributed by atoms with Gasteiger partial charge in [-0.3, -0.25) is 9.89 Å². The highest BCUT2D eigenvalue weighted by Gasteiger charge is 2.34. The predicted octanol–water partition coefficient (Wildman–Crippen LogP) is 3.05. The molecule has 0 radical (unpaired) electrons. The Hall–Kier alpha value is -2.66. The second-order valence-electron chi connectivity index (χ2n) is 7.39. The number of nitrogen functional groups attached to an aromatic ring is 1. The molecule has 5 rings (SSSR count). The van der Waals surface area contributed by atoms with Gasteiger partial charge in [0.2, 0.25) is 5.91 Å². The minimum absolute atomic E-state index is 0.184. The summed E-state index contributed by atoms with van der Waals surface area (Å²) in [7, 11) is -3.76. The summed E-state index contributed by atoms with van der Waals surface area (Å²) in [6.45, 7) is 0.764. The van der Waals surface area contributed by atoms with E-state index in [1.54, 1.807) is 29.2 Å². The van der Waals surface area contributed by atoms with Crippen LogP contribution < -0.4 is 5.73 Å². The number of piperazine rings is 1. The fourth-order valence-electron chi connectivity index (χ4n) is 3.70. The first-order valence-electron chi connectivity index (χ1n) is 9.51. The van der Waals surface area contributed by atoms with Crippen LogP contribution in [0.25, 0.3) is 21.0 Å². The molecule has 0 spiro atoms. The number of nitrogens with zero attached hydrogens (tertiary/aromatic N) is 3.